The van der Waals surface area contributed by atoms with Crippen LogP contribution in [0.1, 0.15) is 19.2 Å². The number of aryl methyl sites for hydroxylation is 1. The van der Waals surface area contributed by atoms with Gasteiger partial charge in [0.25, 0.3) is 0 Å². The fourth-order valence-electron chi connectivity index (χ4n) is 9.06. The second-order valence-electron chi connectivity index (χ2n) is 15.8. The van der Waals surface area contributed by atoms with E-state index < -0.39 is 29.6 Å². The molecule has 4 bridgehead atoms. The molecule has 0 spiro atoms. The van der Waals surface area contributed by atoms with Gasteiger partial charge in [-0.1, -0.05) is 6.07 Å². The highest BCUT2D eigenvalue weighted by atomic mass is 19.1. The van der Waals surface area contributed by atoms with Gasteiger partial charge in [0.05, 0.1) is 60.4 Å². The summed E-state index contributed by atoms with van der Waals surface area (Å²) in [4.78, 5) is 46.8. The maximum Gasteiger partial charge on any atom is 0.245 e. The van der Waals surface area contributed by atoms with Crippen molar-refractivity contribution in [2.75, 3.05) is 81.3 Å². The molecule has 16 nitrogen and oxygen atoms in total. The van der Waals surface area contributed by atoms with Crippen LogP contribution in [0.2, 0.25) is 0 Å². The van der Waals surface area contributed by atoms with Crippen LogP contribution in [0.15, 0.2) is 48.8 Å². The molecule has 1 amide bonds. The van der Waals surface area contributed by atoms with E-state index in [1.165, 1.54) is 23.0 Å². The van der Waals surface area contributed by atoms with Crippen molar-refractivity contribution < 1.29 is 27.4 Å². The molecule has 312 valence electrons. The van der Waals surface area contributed by atoms with Crippen LogP contribution in [0.3, 0.4) is 0 Å². The van der Waals surface area contributed by atoms with Crippen molar-refractivity contribution in [1.82, 2.24) is 49.1 Å². The zero-order valence-electron chi connectivity index (χ0n) is 33.4. The molecule has 1 aromatic carbocycles. The van der Waals surface area contributed by atoms with E-state index >= 15 is 8.78 Å². The minimum atomic E-state index is -0.901. The summed E-state index contributed by atoms with van der Waals surface area (Å²) in [5.74, 6) is -0.447. The van der Waals surface area contributed by atoms with Crippen LogP contribution in [0, 0.1) is 24.4 Å². The van der Waals surface area contributed by atoms with Gasteiger partial charge in [-0.15, -0.1) is 0 Å². The minimum Gasteiger partial charge on any atom is -0.379 e. The Labute approximate surface area is 342 Å². The molecule has 3 fully saturated rings. The Hall–Kier alpha value is -5.92. The fraction of sp³-hybridized carbons (Fsp3) is 0.439. The van der Waals surface area contributed by atoms with Crippen molar-refractivity contribution in [1.29, 1.82) is 0 Å². The van der Waals surface area contributed by atoms with Crippen molar-refractivity contribution in [3.63, 3.8) is 0 Å². The number of fused-ring (bicyclic) bond motifs is 6. The fourth-order valence-corrected chi connectivity index (χ4v) is 9.06. The van der Waals surface area contributed by atoms with Gasteiger partial charge in [-0.3, -0.25) is 9.69 Å². The van der Waals surface area contributed by atoms with Gasteiger partial charge in [-0.25, -0.2) is 28.1 Å². The number of halogens is 3. The zero-order chi connectivity index (χ0) is 41.2. The Morgan fingerprint density at radius 1 is 0.933 bits per heavy atom. The Morgan fingerprint density at radius 2 is 1.77 bits per heavy atom. The first-order chi connectivity index (χ1) is 29.1. The van der Waals surface area contributed by atoms with Gasteiger partial charge in [0.15, 0.2) is 17.3 Å². The number of hydrogen-bond acceptors (Lipinski definition) is 13. The summed E-state index contributed by atoms with van der Waals surface area (Å²) in [5.41, 5.74) is 2.66. The molecule has 4 aliphatic rings. The van der Waals surface area contributed by atoms with Crippen LogP contribution >= 0.6 is 0 Å². The Morgan fingerprint density at radius 3 is 2.57 bits per heavy atom. The van der Waals surface area contributed by atoms with Crippen molar-refractivity contribution in [2.45, 2.75) is 51.0 Å². The van der Waals surface area contributed by atoms with Gasteiger partial charge in [0.1, 0.15) is 35.1 Å². The first-order valence-corrected chi connectivity index (χ1v) is 20.3. The summed E-state index contributed by atoms with van der Waals surface area (Å²) in [7, 11) is 1.77. The van der Waals surface area contributed by atoms with Crippen LogP contribution in [0.4, 0.5) is 30.8 Å². The first-order valence-electron chi connectivity index (χ1n) is 20.3. The second kappa shape index (κ2) is 15.3. The van der Waals surface area contributed by atoms with Gasteiger partial charge in [-0.05, 0) is 38.5 Å². The van der Waals surface area contributed by atoms with Gasteiger partial charge >= 0.3 is 0 Å². The monoisotopic (exact) mass is 823 g/mol. The van der Waals surface area contributed by atoms with E-state index in [1.54, 1.807) is 11.9 Å². The smallest absolute Gasteiger partial charge is 0.245 e. The molecule has 0 saturated carbocycles. The number of anilines is 3. The normalized spacial score (nSPS) is 21.7. The van der Waals surface area contributed by atoms with Crippen LogP contribution < -0.4 is 15.1 Å². The highest BCUT2D eigenvalue weighted by molar-refractivity contribution is 5.94. The number of nitrogens with zero attached hydrogens (tertiary/aromatic N) is 12. The van der Waals surface area contributed by atoms with Crippen molar-refractivity contribution in [3.05, 3.63) is 72.1 Å². The lowest BCUT2D eigenvalue weighted by atomic mass is 10.1. The van der Waals surface area contributed by atoms with Gasteiger partial charge in [0.2, 0.25) is 11.9 Å². The highest BCUT2D eigenvalue weighted by Crippen LogP contribution is 2.37. The van der Waals surface area contributed by atoms with E-state index in [0.29, 0.717) is 98.0 Å². The van der Waals surface area contributed by atoms with E-state index in [0.717, 1.165) is 30.9 Å². The third-order valence-corrected chi connectivity index (χ3v) is 12.0. The molecule has 1 N–H and O–H groups in total. The molecule has 3 saturated heterocycles. The Kier molecular flexibility index (Phi) is 9.75. The van der Waals surface area contributed by atoms with Crippen LogP contribution in [0.5, 0.6) is 0 Å². The maximum atomic E-state index is 15.3. The summed E-state index contributed by atoms with van der Waals surface area (Å²) in [6.07, 6.45) is 2.41. The number of morpholine rings is 1. The Bertz CT molecular complexity index is 2610. The second-order valence-corrected chi connectivity index (χ2v) is 15.8. The summed E-state index contributed by atoms with van der Waals surface area (Å²) in [5, 5.41) is 8.53. The number of likely N-dealkylation sites (N-methyl/N-ethyl adjacent to an activating group) is 1. The summed E-state index contributed by atoms with van der Waals surface area (Å²) in [6, 6.07) is 8.51. The van der Waals surface area contributed by atoms with Crippen molar-refractivity contribution in [2.24, 2.45) is 0 Å². The predicted molar refractivity (Wildman–Crippen MR) is 217 cm³/mol. The molecule has 0 radical (unpaired) electrons. The number of hydrogen-bond donors (Lipinski definition) is 1. The van der Waals surface area contributed by atoms with Gasteiger partial charge in [-0.2, -0.15) is 19.7 Å². The molecule has 0 aliphatic carbocycles. The van der Waals surface area contributed by atoms with Crippen LogP contribution in [-0.2, 0) is 20.8 Å². The zero-order valence-corrected chi connectivity index (χ0v) is 33.4. The number of pyridine rings is 2. The lowest BCUT2D eigenvalue weighted by Gasteiger charge is -2.46. The molecule has 0 unspecified atom stereocenters. The van der Waals surface area contributed by atoms with Crippen molar-refractivity contribution in [3.8, 4) is 17.1 Å². The standard InChI is InChI=1S/C41H44F3N13O3/c1-4-60-28-21-52(3)40(58)34-15-26(48-35-7-5-6-32(49-35)29-12-24(42)14-33-36(29)55(22-28)23(2)47-33)18-56(34)37-30-17-46-57(39-31(44)13-25(43)16-45-39)38(30)51-41(50-37)54-19-27(20-54)53-8-10-59-11-9-53/h5-7,12-14,16-17,26-28,34H,4,8-11,15,18-22H2,1-3H3,(H,48,49)/t26-,28-,34-/m0/s1. The summed E-state index contributed by atoms with van der Waals surface area (Å²) < 4.78 is 59.7. The Balaban J connectivity index is 1.07. The molecule has 5 aromatic heterocycles. The quantitative estimate of drug-likeness (QED) is 0.260. The average molecular weight is 824 g/mol. The molecule has 60 heavy (non-hydrogen) atoms. The third-order valence-electron chi connectivity index (χ3n) is 12.0. The number of rotatable bonds is 6. The lowest BCUT2D eigenvalue weighted by Crippen LogP contribution is -2.62. The van der Waals surface area contributed by atoms with E-state index in [4.69, 9.17) is 29.4 Å². The SMILES string of the molecule is CCO[C@H]1CN(C)C(=O)[C@@H]2C[C@@H](CN2c2nc(N3CC(N4CCOCC4)C3)nc3c2cnn3-c2ncc(F)cc2F)Nc2cccc(n2)-c2cc(F)cc3nc(C)n(c23)C1. The van der Waals surface area contributed by atoms with Crippen molar-refractivity contribution >= 4 is 45.6 Å². The minimum absolute atomic E-state index is 0.154. The van der Waals surface area contributed by atoms with Gasteiger partial charge in [0, 0.05) is 82.7 Å². The molecule has 10 rings (SSSR count). The van der Waals surface area contributed by atoms with E-state index in [9.17, 15) is 9.18 Å². The lowest BCUT2D eigenvalue weighted by molar-refractivity contribution is -0.133. The molecule has 4 aliphatic heterocycles. The number of carbonyl (C=O) groups is 1. The molecule has 19 heteroatoms. The maximum absolute atomic E-state index is 15.3. The van der Waals surface area contributed by atoms with Crippen LogP contribution in [-0.4, -0.2) is 145 Å². The summed E-state index contributed by atoms with van der Waals surface area (Å²) in [6.45, 7) is 9.48. The number of ether oxygens (including phenoxy) is 2. The van der Waals surface area contributed by atoms with E-state index in [1.807, 2.05) is 41.5 Å². The summed E-state index contributed by atoms with van der Waals surface area (Å²) >= 11 is 0. The first kappa shape index (κ1) is 38.3. The highest BCUT2D eigenvalue weighted by Gasteiger charge is 2.42. The van der Waals surface area contributed by atoms with Gasteiger partial charge < -0.3 is 34.1 Å². The largest absolute Gasteiger partial charge is 0.379 e. The predicted octanol–water partition coefficient (Wildman–Crippen LogP) is 3.81. The number of aromatic nitrogens is 8. The van der Waals surface area contributed by atoms with E-state index in [2.05, 4.69) is 25.2 Å². The molecule has 3 atom stereocenters. The number of benzene rings is 1. The average Bonchev–Trinajstić information content (AvgIpc) is 3.92. The third kappa shape index (κ3) is 6.83. The topological polar surface area (TPSA) is 148 Å². The molecule has 9 heterocycles. The molecule has 6 aromatic rings. The molecular weight excluding hydrogens is 780 g/mol. The number of amides is 1. The molecular formula is C41H44F3N13O3. The number of nitrogens with one attached hydrogen (secondary N) is 1. The number of imidazole rings is 1. The van der Waals surface area contributed by atoms with E-state index in [-0.39, 0.29) is 36.0 Å². The number of carbonyl (C=O) groups excluding carboxylic acids is 1. The van der Waals surface area contributed by atoms with Crippen LogP contribution in [0.25, 0.3) is 39.1 Å².